The Kier molecular flexibility index (Phi) is 6.21. The summed E-state index contributed by atoms with van der Waals surface area (Å²) in [5.74, 6) is -0.622. The van der Waals surface area contributed by atoms with Crippen molar-refractivity contribution in [3.05, 3.63) is 28.8 Å². The van der Waals surface area contributed by atoms with Crippen LogP contribution in [0.25, 0.3) is 0 Å². The zero-order chi connectivity index (χ0) is 16.0. The number of anilines is 1. The minimum atomic E-state index is -1.13. The molecule has 0 aliphatic heterocycles. The summed E-state index contributed by atoms with van der Waals surface area (Å²) in [4.78, 5) is 24.4. The fourth-order valence-corrected chi connectivity index (χ4v) is 1.84. The molecule has 0 fully saturated rings. The third-order valence-electron chi connectivity index (χ3n) is 3.38. The molecule has 116 valence electrons. The van der Waals surface area contributed by atoms with Gasteiger partial charge < -0.3 is 10.6 Å². The number of carbonyl (C=O) groups is 2. The van der Waals surface area contributed by atoms with Gasteiger partial charge in [-0.2, -0.15) is 0 Å². The molecule has 0 atom stereocenters. The van der Waals surface area contributed by atoms with E-state index >= 15 is 0 Å². The highest BCUT2D eigenvalue weighted by Crippen LogP contribution is 2.23. The Morgan fingerprint density at radius 3 is 2.48 bits per heavy atom. The largest absolute Gasteiger partial charge is 0.355 e. The zero-order valence-corrected chi connectivity index (χ0v) is 13.8. The molecular formula is C16H23ClN2O2. The second kappa shape index (κ2) is 7.46. The van der Waals surface area contributed by atoms with Gasteiger partial charge in [-0.3, -0.25) is 9.59 Å². The summed E-state index contributed by atoms with van der Waals surface area (Å²) < 4.78 is 0. The van der Waals surface area contributed by atoms with Gasteiger partial charge in [-0.25, -0.2) is 0 Å². The molecule has 0 spiro atoms. The number of hydrogen-bond donors (Lipinski definition) is 2. The van der Waals surface area contributed by atoms with E-state index in [0.717, 1.165) is 18.4 Å². The molecule has 0 radical (unpaired) electrons. The van der Waals surface area contributed by atoms with Crippen molar-refractivity contribution in [3.8, 4) is 0 Å². The SMILES string of the molecule is CCCCNC(=O)C(C)(C)C(=O)Nc1ccc(C)c(Cl)c1. The summed E-state index contributed by atoms with van der Waals surface area (Å²) >= 11 is 6.03. The van der Waals surface area contributed by atoms with Crippen molar-refractivity contribution in [2.45, 2.75) is 40.5 Å². The predicted octanol–water partition coefficient (Wildman–Crippen LogP) is 3.53. The molecule has 0 unspecified atom stereocenters. The summed E-state index contributed by atoms with van der Waals surface area (Å²) in [5.41, 5.74) is 0.390. The van der Waals surface area contributed by atoms with Gasteiger partial charge in [-0.05, 0) is 44.9 Å². The van der Waals surface area contributed by atoms with Gasteiger partial charge in [0.15, 0.2) is 0 Å². The van der Waals surface area contributed by atoms with Crippen molar-refractivity contribution in [2.75, 3.05) is 11.9 Å². The van der Waals surface area contributed by atoms with E-state index in [1.54, 1.807) is 26.0 Å². The van der Waals surface area contributed by atoms with Crippen molar-refractivity contribution >= 4 is 29.1 Å². The molecule has 0 saturated heterocycles. The number of halogens is 1. The van der Waals surface area contributed by atoms with E-state index < -0.39 is 5.41 Å². The average Bonchev–Trinajstić information content (AvgIpc) is 2.43. The lowest BCUT2D eigenvalue weighted by Gasteiger charge is -2.22. The fraction of sp³-hybridized carbons (Fsp3) is 0.500. The third kappa shape index (κ3) is 4.74. The highest BCUT2D eigenvalue weighted by atomic mass is 35.5. The van der Waals surface area contributed by atoms with Gasteiger partial charge in [-0.1, -0.05) is 31.0 Å². The first kappa shape index (κ1) is 17.5. The third-order valence-corrected chi connectivity index (χ3v) is 3.79. The Morgan fingerprint density at radius 2 is 1.90 bits per heavy atom. The Hall–Kier alpha value is -1.55. The molecule has 2 amide bonds. The molecule has 0 saturated carbocycles. The van der Waals surface area contributed by atoms with Crippen molar-refractivity contribution in [1.29, 1.82) is 0 Å². The van der Waals surface area contributed by atoms with Crippen LogP contribution in [-0.4, -0.2) is 18.4 Å². The van der Waals surface area contributed by atoms with E-state index in [0.29, 0.717) is 17.3 Å². The van der Waals surface area contributed by atoms with Crippen LogP contribution in [0, 0.1) is 12.3 Å². The van der Waals surface area contributed by atoms with E-state index in [1.807, 2.05) is 19.9 Å². The van der Waals surface area contributed by atoms with E-state index in [1.165, 1.54) is 0 Å². The number of hydrogen-bond acceptors (Lipinski definition) is 2. The van der Waals surface area contributed by atoms with E-state index in [-0.39, 0.29) is 11.8 Å². The first-order chi connectivity index (χ1) is 9.78. The minimum absolute atomic E-state index is 0.272. The molecule has 0 aliphatic rings. The van der Waals surface area contributed by atoms with Crippen LogP contribution in [0.5, 0.6) is 0 Å². The Morgan fingerprint density at radius 1 is 1.24 bits per heavy atom. The van der Waals surface area contributed by atoms with Crippen LogP contribution in [0.15, 0.2) is 18.2 Å². The summed E-state index contributed by atoms with van der Waals surface area (Å²) in [6.07, 6.45) is 1.89. The Balaban J connectivity index is 2.71. The first-order valence-electron chi connectivity index (χ1n) is 7.15. The van der Waals surface area contributed by atoms with Crippen LogP contribution in [-0.2, 0) is 9.59 Å². The number of carbonyl (C=O) groups excluding carboxylic acids is 2. The van der Waals surface area contributed by atoms with Crippen molar-refractivity contribution in [3.63, 3.8) is 0 Å². The molecule has 0 aromatic heterocycles. The van der Waals surface area contributed by atoms with E-state index in [2.05, 4.69) is 10.6 Å². The maximum atomic E-state index is 12.3. The second-order valence-corrected chi connectivity index (χ2v) is 6.06. The van der Waals surface area contributed by atoms with Gasteiger partial charge >= 0.3 is 0 Å². The number of aryl methyl sites for hydroxylation is 1. The number of benzene rings is 1. The van der Waals surface area contributed by atoms with Crippen LogP contribution in [0.2, 0.25) is 5.02 Å². The monoisotopic (exact) mass is 310 g/mol. The smallest absolute Gasteiger partial charge is 0.239 e. The maximum absolute atomic E-state index is 12.3. The van der Waals surface area contributed by atoms with E-state index in [4.69, 9.17) is 11.6 Å². The maximum Gasteiger partial charge on any atom is 0.239 e. The van der Waals surface area contributed by atoms with Crippen molar-refractivity contribution in [2.24, 2.45) is 5.41 Å². The average molecular weight is 311 g/mol. The molecule has 1 rings (SSSR count). The van der Waals surface area contributed by atoms with Gasteiger partial charge in [0, 0.05) is 17.3 Å². The van der Waals surface area contributed by atoms with E-state index in [9.17, 15) is 9.59 Å². The van der Waals surface area contributed by atoms with Gasteiger partial charge in [0.05, 0.1) is 0 Å². The predicted molar refractivity (Wildman–Crippen MR) is 86.5 cm³/mol. The van der Waals surface area contributed by atoms with Gasteiger partial charge in [-0.15, -0.1) is 0 Å². The molecular weight excluding hydrogens is 288 g/mol. The normalized spacial score (nSPS) is 11.1. The number of amides is 2. The molecule has 5 heteroatoms. The van der Waals surface area contributed by atoms with Gasteiger partial charge in [0.2, 0.25) is 11.8 Å². The quantitative estimate of drug-likeness (QED) is 0.624. The Labute approximate surface area is 131 Å². The van der Waals surface area contributed by atoms with Crippen LogP contribution in [0.3, 0.4) is 0 Å². The van der Waals surface area contributed by atoms with Gasteiger partial charge in [0.1, 0.15) is 5.41 Å². The number of nitrogens with one attached hydrogen (secondary N) is 2. The molecule has 21 heavy (non-hydrogen) atoms. The molecule has 0 heterocycles. The van der Waals surface area contributed by atoms with Crippen molar-refractivity contribution in [1.82, 2.24) is 5.32 Å². The second-order valence-electron chi connectivity index (χ2n) is 5.65. The summed E-state index contributed by atoms with van der Waals surface area (Å²) in [6.45, 7) is 7.74. The van der Waals surface area contributed by atoms with Gasteiger partial charge in [0.25, 0.3) is 0 Å². The Bertz CT molecular complexity index is 527. The van der Waals surface area contributed by atoms with Crippen LogP contribution in [0.1, 0.15) is 39.2 Å². The topological polar surface area (TPSA) is 58.2 Å². The molecule has 1 aromatic carbocycles. The summed E-state index contributed by atoms with van der Waals surface area (Å²) in [5, 5.41) is 6.10. The molecule has 4 nitrogen and oxygen atoms in total. The highest BCUT2D eigenvalue weighted by Gasteiger charge is 2.35. The lowest BCUT2D eigenvalue weighted by molar-refractivity contribution is -0.138. The standard InChI is InChI=1S/C16H23ClN2O2/c1-5-6-9-18-14(20)16(3,4)15(21)19-12-8-7-11(2)13(17)10-12/h7-8,10H,5-6,9H2,1-4H3,(H,18,20)(H,19,21). The summed E-state index contributed by atoms with van der Waals surface area (Å²) in [7, 11) is 0. The molecule has 1 aromatic rings. The van der Waals surface area contributed by atoms with Crippen molar-refractivity contribution < 1.29 is 9.59 Å². The fourth-order valence-electron chi connectivity index (χ4n) is 1.66. The lowest BCUT2D eigenvalue weighted by Crippen LogP contribution is -2.45. The number of rotatable bonds is 6. The summed E-state index contributed by atoms with van der Waals surface area (Å²) in [6, 6.07) is 5.27. The first-order valence-corrected chi connectivity index (χ1v) is 7.52. The minimum Gasteiger partial charge on any atom is -0.355 e. The van der Waals surface area contributed by atoms with Crippen LogP contribution < -0.4 is 10.6 Å². The lowest BCUT2D eigenvalue weighted by atomic mass is 9.91. The number of unbranched alkanes of at least 4 members (excludes halogenated alkanes) is 1. The highest BCUT2D eigenvalue weighted by molar-refractivity contribution is 6.31. The molecule has 0 aliphatic carbocycles. The molecule has 2 N–H and O–H groups in total. The van der Waals surface area contributed by atoms with Crippen LogP contribution in [0.4, 0.5) is 5.69 Å². The zero-order valence-electron chi connectivity index (χ0n) is 13.0. The van der Waals surface area contributed by atoms with Crippen LogP contribution >= 0.6 is 11.6 Å². The molecule has 0 bridgehead atoms.